The predicted molar refractivity (Wildman–Crippen MR) is 109 cm³/mol. The van der Waals surface area contributed by atoms with Crippen LogP contribution in [0.15, 0.2) is 59.2 Å². The Labute approximate surface area is 165 Å². The van der Waals surface area contributed by atoms with Crippen molar-refractivity contribution >= 4 is 38.7 Å². The van der Waals surface area contributed by atoms with Gasteiger partial charge >= 0.3 is 5.97 Å². The van der Waals surface area contributed by atoms with Gasteiger partial charge in [0.15, 0.2) is 0 Å². The van der Waals surface area contributed by atoms with Crippen LogP contribution >= 0.6 is 15.9 Å². The summed E-state index contributed by atoms with van der Waals surface area (Å²) >= 11 is 3.43. The summed E-state index contributed by atoms with van der Waals surface area (Å²) in [5, 5.41) is 13.1. The number of nitrogens with one attached hydrogen (secondary N) is 2. The number of aromatic amines is 1. The van der Waals surface area contributed by atoms with Gasteiger partial charge in [0.2, 0.25) is 5.91 Å². The zero-order valence-corrected chi connectivity index (χ0v) is 16.3. The molecule has 0 bridgehead atoms. The number of halogens is 1. The summed E-state index contributed by atoms with van der Waals surface area (Å²) < 4.78 is 0.924. The highest BCUT2D eigenvalue weighted by Crippen LogP contribution is 2.23. The van der Waals surface area contributed by atoms with Crippen molar-refractivity contribution < 1.29 is 14.7 Å². The minimum atomic E-state index is -1.03. The van der Waals surface area contributed by atoms with E-state index in [-0.39, 0.29) is 12.3 Å². The number of aromatic nitrogens is 1. The van der Waals surface area contributed by atoms with Gasteiger partial charge in [-0.15, -0.1) is 0 Å². The molecule has 0 saturated heterocycles. The number of carboxylic acids is 1. The smallest absolute Gasteiger partial charge is 0.326 e. The lowest BCUT2D eigenvalue weighted by Gasteiger charge is -2.14. The standard InChI is InChI=1S/C21H21BrN2O3/c22-16-9-10-18-17(12-16)15(13-23-18)11-19(21(26)27)24-20(25)8-4-7-14-5-2-1-3-6-14/h1-3,5-6,9-10,12-13,19,23H,4,7-8,11H2,(H,24,25)(H,26,27). The molecule has 5 nitrogen and oxygen atoms in total. The average molecular weight is 429 g/mol. The van der Waals surface area contributed by atoms with Crippen molar-refractivity contribution in [2.24, 2.45) is 0 Å². The molecule has 1 aromatic heterocycles. The van der Waals surface area contributed by atoms with E-state index in [0.29, 0.717) is 12.8 Å². The molecular formula is C21H21BrN2O3. The first-order valence-electron chi connectivity index (χ1n) is 8.84. The summed E-state index contributed by atoms with van der Waals surface area (Å²) in [4.78, 5) is 27.0. The van der Waals surface area contributed by atoms with Crippen molar-refractivity contribution in [3.05, 3.63) is 70.3 Å². The Balaban J connectivity index is 1.59. The number of amides is 1. The van der Waals surface area contributed by atoms with E-state index in [9.17, 15) is 14.7 Å². The third-order valence-electron chi connectivity index (χ3n) is 4.50. The van der Waals surface area contributed by atoms with Crippen molar-refractivity contribution in [2.45, 2.75) is 31.7 Å². The van der Waals surface area contributed by atoms with Gasteiger partial charge in [-0.05, 0) is 42.2 Å². The van der Waals surface area contributed by atoms with Crippen LogP contribution < -0.4 is 5.32 Å². The van der Waals surface area contributed by atoms with Crippen LogP contribution in [0.5, 0.6) is 0 Å². The average Bonchev–Trinajstić information content (AvgIpc) is 3.04. The molecule has 3 aromatic rings. The molecule has 0 fully saturated rings. The molecule has 3 N–H and O–H groups in total. The minimum absolute atomic E-state index is 0.232. The van der Waals surface area contributed by atoms with Crippen molar-refractivity contribution in [3.63, 3.8) is 0 Å². The molecule has 140 valence electrons. The van der Waals surface area contributed by atoms with Gasteiger partial charge in [0.1, 0.15) is 6.04 Å². The molecule has 1 atom stereocenters. The van der Waals surface area contributed by atoms with Gasteiger partial charge in [0.05, 0.1) is 0 Å². The van der Waals surface area contributed by atoms with Crippen molar-refractivity contribution in [2.75, 3.05) is 0 Å². The molecule has 0 saturated carbocycles. The number of carbonyl (C=O) groups excluding carboxylic acids is 1. The van der Waals surface area contributed by atoms with Crippen molar-refractivity contribution in [1.82, 2.24) is 10.3 Å². The molecule has 6 heteroatoms. The molecule has 0 spiro atoms. The van der Waals surface area contributed by atoms with Gasteiger partial charge in [-0.25, -0.2) is 4.79 Å². The first-order chi connectivity index (χ1) is 13.0. The van der Waals surface area contributed by atoms with Crippen LogP contribution in [0, 0.1) is 0 Å². The highest BCUT2D eigenvalue weighted by Gasteiger charge is 2.21. The number of rotatable bonds is 8. The summed E-state index contributed by atoms with van der Waals surface area (Å²) in [6.45, 7) is 0. The largest absolute Gasteiger partial charge is 0.480 e. The van der Waals surface area contributed by atoms with E-state index in [4.69, 9.17) is 0 Å². The first kappa shape index (κ1) is 19.2. The Bertz CT molecular complexity index is 937. The van der Waals surface area contributed by atoms with Crippen LogP contribution in [0.4, 0.5) is 0 Å². The molecule has 1 unspecified atom stereocenters. The van der Waals surface area contributed by atoms with Crippen molar-refractivity contribution in [1.29, 1.82) is 0 Å². The van der Waals surface area contributed by atoms with Gasteiger partial charge in [0.25, 0.3) is 0 Å². The number of carboxylic acid groups (broad SMARTS) is 1. The topological polar surface area (TPSA) is 82.2 Å². The second kappa shape index (κ2) is 8.86. The fourth-order valence-corrected chi connectivity index (χ4v) is 3.46. The maximum absolute atomic E-state index is 12.2. The fourth-order valence-electron chi connectivity index (χ4n) is 3.10. The maximum Gasteiger partial charge on any atom is 0.326 e. The molecule has 3 rings (SSSR count). The maximum atomic E-state index is 12.2. The Morgan fingerprint density at radius 1 is 1.15 bits per heavy atom. The van der Waals surface area contributed by atoms with Crippen molar-refractivity contribution in [3.8, 4) is 0 Å². The third kappa shape index (κ3) is 5.20. The summed E-state index contributed by atoms with van der Waals surface area (Å²) in [5.74, 6) is -1.27. The SMILES string of the molecule is O=C(CCCc1ccccc1)NC(Cc1c[nH]c2ccc(Br)cc12)C(=O)O. The summed E-state index contributed by atoms with van der Waals surface area (Å²) in [7, 11) is 0. The summed E-state index contributed by atoms with van der Waals surface area (Å²) in [6, 6.07) is 14.8. The Hall–Kier alpha value is -2.60. The molecular weight excluding hydrogens is 408 g/mol. The normalized spacial score (nSPS) is 12.0. The summed E-state index contributed by atoms with van der Waals surface area (Å²) in [5.41, 5.74) is 2.97. The van der Waals surface area contributed by atoms with Crippen LogP contribution in [0.3, 0.4) is 0 Å². The monoisotopic (exact) mass is 428 g/mol. The van der Waals surface area contributed by atoms with E-state index in [0.717, 1.165) is 27.4 Å². The molecule has 0 aliphatic heterocycles. The number of hydrogen-bond donors (Lipinski definition) is 3. The molecule has 1 amide bonds. The summed E-state index contributed by atoms with van der Waals surface area (Å²) in [6.07, 6.45) is 3.81. The molecule has 0 radical (unpaired) electrons. The highest BCUT2D eigenvalue weighted by molar-refractivity contribution is 9.10. The van der Waals surface area contributed by atoms with E-state index in [1.165, 1.54) is 5.56 Å². The fraction of sp³-hybridized carbons (Fsp3) is 0.238. The number of aliphatic carboxylic acids is 1. The molecule has 27 heavy (non-hydrogen) atoms. The van der Waals surface area contributed by atoms with Gasteiger partial charge in [-0.1, -0.05) is 46.3 Å². The van der Waals surface area contributed by atoms with E-state index in [1.807, 2.05) is 48.5 Å². The Morgan fingerprint density at radius 3 is 2.67 bits per heavy atom. The number of H-pyrrole nitrogens is 1. The number of aryl methyl sites for hydroxylation is 1. The Kier molecular flexibility index (Phi) is 6.29. The van der Waals surface area contributed by atoms with Gasteiger partial charge in [0, 0.05) is 34.4 Å². The molecule has 0 aliphatic rings. The third-order valence-corrected chi connectivity index (χ3v) is 4.99. The second-order valence-electron chi connectivity index (χ2n) is 6.51. The van der Waals surface area contributed by atoms with E-state index in [1.54, 1.807) is 6.20 Å². The molecule has 0 aliphatic carbocycles. The second-order valence-corrected chi connectivity index (χ2v) is 7.42. The Morgan fingerprint density at radius 2 is 1.93 bits per heavy atom. The van der Waals surface area contributed by atoms with Crippen LogP contribution in [0.1, 0.15) is 24.0 Å². The first-order valence-corrected chi connectivity index (χ1v) is 9.64. The van der Waals surface area contributed by atoms with Gasteiger partial charge in [-0.2, -0.15) is 0 Å². The van der Waals surface area contributed by atoms with E-state index in [2.05, 4.69) is 26.2 Å². The number of hydrogen-bond acceptors (Lipinski definition) is 2. The predicted octanol–water partition coefficient (Wildman–Crippen LogP) is 4.07. The molecule has 1 heterocycles. The van der Waals surface area contributed by atoms with E-state index < -0.39 is 12.0 Å². The zero-order chi connectivity index (χ0) is 19.2. The molecule has 2 aromatic carbocycles. The number of fused-ring (bicyclic) bond motifs is 1. The lowest BCUT2D eigenvalue weighted by atomic mass is 10.0. The zero-order valence-electron chi connectivity index (χ0n) is 14.7. The van der Waals surface area contributed by atoms with Crippen LogP contribution in [-0.4, -0.2) is 28.0 Å². The lowest BCUT2D eigenvalue weighted by Crippen LogP contribution is -2.42. The lowest BCUT2D eigenvalue weighted by molar-refractivity contribution is -0.141. The van der Waals surface area contributed by atoms with Gasteiger partial charge in [-0.3, -0.25) is 4.79 Å². The number of benzene rings is 2. The van der Waals surface area contributed by atoms with Crippen LogP contribution in [-0.2, 0) is 22.4 Å². The van der Waals surface area contributed by atoms with E-state index >= 15 is 0 Å². The van der Waals surface area contributed by atoms with Crippen LogP contribution in [0.2, 0.25) is 0 Å². The minimum Gasteiger partial charge on any atom is -0.480 e. The quantitative estimate of drug-likeness (QED) is 0.505. The highest BCUT2D eigenvalue weighted by atomic mass is 79.9. The van der Waals surface area contributed by atoms with Crippen LogP contribution in [0.25, 0.3) is 10.9 Å². The van der Waals surface area contributed by atoms with Gasteiger partial charge < -0.3 is 15.4 Å². The number of carbonyl (C=O) groups is 2.